The van der Waals surface area contributed by atoms with Gasteiger partial charge in [-0.25, -0.2) is 0 Å². The summed E-state index contributed by atoms with van der Waals surface area (Å²) in [5.41, 5.74) is 4.00. The minimum absolute atomic E-state index is 0.00888. The highest BCUT2D eigenvalue weighted by Gasteiger charge is 2.46. The molecule has 0 radical (unpaired) electrons. The number of likely N-dealkylation sites (tertiary alicyclic amines) is 1. The third-order valence-corrected chi connectivity index (χ3v) is 6.63. The van der Waals surface area contributed by atoms with Gasteiger partial charge in [0.15, 0.2) is 0 Å². The number of nitrogens with zero attached hydrogens (tertiary/aromatic N) is 2. The summed E-state index contributed by atoms with van der Waals surface area (Å²) in [6.45, 7) is 2.58. The Bertz CT molecular complexity index is 1520. The van der Waals surface area contributed by atoms with Gasteiger partial charge in [0.2, 0.25) is 0 Å². The Morgan fingerprint density at radius 3 is 2.45 bits per heavy atom. The first-order valence-electron chi connectivity index (χ1n) is 12.1. The van der Waals surface area contributed by atoms with Crippen molar-refractivity contribution in [2.45, 2.75) is 26.1 Å². The summed E-state index contributed by atoms with van der Waals surface area (Å²) in [5.74, 6) is -1.09. The largest absolute Gasteiger partial charge is 0.507 e. The second kappa shape index (κ2) is 10.9. The van der Waals surface area contributed by atoms with E-state index in [0.29, 0.717) is 28.5 Å². The highest BCUT2D eigenvalue weighted by Crippen LogP contribution is 2.41. The van der Waals surface area contributed by atoms with Crippen LogP contribution in [0.5, 0.6) is 5.75 Å². The van der Waals surface area contributed by atoms with Crippen LogP contribution < -0.4 is 4.74 Å². The SMILES string of the molecule is Cc1cccc(COc2ccc(/C(O)=C3\C(=O)C(=O)N(Cc4cccnc4)[C@H]3c3cccc(Cl)c3)cc2)c1. The Morgan fingerprint density at radius 1 is 0.974 bits per heavy atom. The first-order chi connectivity index (χ1) is 18.4. The van der Waals surface area contributed by atoms with Crippen molar-refractivity contribution in [3.05, 3.63) is 136 Å². The number of aliphatic hydroxyl groups is 1. The van der Waals surface area contributed by atoms with Crippen molar-refractivity contribution in [2.75, 3.05) is 0 Å². The number of Topliss-reactive ketones (excluding diaryl/α,β-unsaturated/α-hetero) is 1. The molecule has 1 atom stereocenters. The maximum Gasteiger partial charge on any atom is 0.295 e. The summed E-state index contributed by atoms with van der Waals surface area (Å²) >= 11 is 6.26. The number of halogens is 1. The van der Waals surface area contributed by atoms with Crippen molar-refractivity contribution in [1.82, 2.24) is 9.88 Å². The standard InChI is InChI=1S/C31H25ClN2O4/c1-20-5-2-6-21(15-20)19-38-26-12-10-23(11-13-26)29(35)27-28(24-8-3-9-25(32)16-24)34(31(37)30(27)36)18-22-7-4-14-33-17-22/h2-17,28,35H,18-19H2,1H3/b29-27+/t28-/m0/s1. The van der Waals surface area contributed by atoms with Crippen LogP contribution in [0.3, 0.4) is 0 Å². The van der Waals surface area contributed by atoms with Crippen molar-refractivity contribution in [2.24, 2.45) is 0 Å². The van der Waals surface area contributed by atoms with Gasteiger partial charge in [-0.2, -0.15) is 0 Å². The van der Waals surface area contributed by atoms with E-state index in [1.165, 1.54) is 4.90 Å². The molecule has 0 bridgehead atoms. The van der Waals surface area contributed by atoms with E-state index in [9.17, 15) is 14.7 Å². The number of ketones is 1. The van der Waals surface area contributed by atoms with E-state index in [-0.39, 0.29) is 17.9 Å². The monoisotopic (exact) mass is 524 g/mol. The quantitative estimate of drug-likeness (QED) is 0.176. The number of aromatic nitrogens is 1. The molecule has 190 valence electrons. The van der Waals surface area contributed by atoms with Crippen LogP contribution in [0.4, 0.5) is 0 Å². The topological polar surface area (TPSA) is 79.7 Å². The molecule has 5 rings (SSSR count). The van der Waals surface area contributed by atoms with Gasteiger partial charge >= 0.3 is 0 Å². The minimum Gasteiger partial charge on any atom is -0.507 e. The van der Waals surface area contributed by atoms with E-state index in [4.69, 9.17) is 16.3 Å². The molecule has 7 heteroatoms. The molecule has 0 unspecified atom stereocenters. The van der Waals surface area contributed by atoms with E-state index < -0.39 is 17.7 Å². The van der Waals surface area contributed by atoms with Crippen LogP contribution in [0.15, 0.2) is 103 Å². The number of aliphatic hydroxyl groups excluding tert-OH is 1. The average Bonchev–Trinajstić information content (AvgIpc) is 3.17. The Balaban J connectivity index is 1.47. The van der Waals surface area contributed by atoms with Gasteiger partial charge in [0.25, 0.3) is 11.7 Å². The fourth-order valence-electron chi connectivity index (χ4n) is 4.59. The van der Waals surface area contributed by atoms with Crippen LogP contribution in [0.1, 0.15) is 33.9 Å². The van der Waals surface area contributed by atoms with Crippen LogP contribution >= 0.6 is 11.6 Å². The van der Waals surface area contributed by atoms with Gasteiger partial charge in [-0.1, -0.05) is 59.6 Å². The number of hydrogen-bond donors (Lipinski definition) is 1. The maximum atomic E-state index is 13.3. The molecule has 1 saturated heterocycles. The summed E-state index contributed by atoms with van der Waals surface area (Å²) in [4.78, 5) is 32.0. The third kappa shape index (κ3) is 5.31. The number of aryl methyl sites for hydroxylation is 1. The molecule has 1 fully saturated rings. The number of carbonyl (C=O) groups excluding carboxylic acids is 2. The highest BCUT2D eigenvalue weighted by atomic mass is 35.5. The number of pyridine rings is 1. The number of carbonyl (C=O) groups is 2. The lowest BCUT2D eigenvalue weighted by atomic mass is 9.95. The number of rotatable bonds is 7. The molecular weight excluding hydrogens is 500 g/mol. The number of hydrogen-bond acceptors (Lipinski definition) is 5. The molecule has 0 aliphatic carbocycles. The summed E-state index contributed by atoms with van der Waals surface area (Å²) in [5, 5.41) is 11.8. The van der Waals surface area contributed by atoms with Crippen LogP contribution in [-0.2, 0) is 22.7 Å². The molecule has 6 nitrogen and oxygen atoms in total. The molecule has 0 spiro atoms. The third-order valence-electron chi connectivity index (χ3n) is 6.40. The summed E-state index contributed by atoms with van der Waals surface area (Å²) in [6.07, 6.45) is 3.28. The predicted octanol–water partition coefficient (Wildman–Crippen LogP) is 6.24. The van der Waals surface area contributed by atoms with Crippen molar-refractivity contribution >= 4 is 29.1 Å². The first-order valence-corrected chi connectivity index (χ1v) is 12.5. The normalized spacial score (nSPS) is 16.6. The van der Waals surface area contributed by atoms with E-state index in [1.54, 1.807) is 67.0 Å². The zero-order chi connectivity index (χ0) is 26.6. The Morgan fingerprint density at radius 2 is 1.74 bits per heavy atom. The predicted molar refractivity (Wildman–Crippen MR) is 145 cm³/mol. The lowest BCUT2D eigenvalue weighted by Crippen LogP contribution is -2.29. The Labute approximate surface area is 225 Å². The van der Waals surface area contributed by atoms with Gasteiger partial charge in [0.1, 0.15) is 18.1 Å². The zero-order valence-corrected chi connectivity index (χ0v) is 21.4. The van der Waals surface area contributed by atoms with E-state index in [0.717, 1.165) is 16.7 Å². The molecule has 0 saturated carbocycles. The Kier molecular flexibility index (Phi) is 7.24. The van der Waals surface area contributed by atoms with Crippen LogP contribution in [0.25, 0.3) is 5.76 Å². The molecule has 1 aromatic heterocycles. The lowest BCUT2D eigenvalue weighted by molar-refractivity contribution is -0.140. The number of amides is 1. The van der Waals surface area contributed by atoms with Crippen molar-refractivity contribution in [3.63, 3.8) is 0 Å². The second-order valence-corrected chi connectivity index (χ2v) is 9.58. The number of ether oxygens (including phenoxy) is 1. The smallest absolute Gasteiger partial charge is 0.295 e. The molecule has 2 heterocycles. The van der Waals surface area contributed by atoms with Crippen LogP contribution in [0, 0.1) is 6.92 Å². The van der Waals surface area contributed by atoms with Crippen molar-refractivity contribution in [3.8, 4) is 5.75 Å². The second-order valence-electron chi connectivity index (χ2n) is 9.15. The number of benzene rings is 3. The minimum atomic E-state index is -0.814. The van der Waals surface area contributed by atoms with Gasteiger partial charge in [0.05, 0.1) is 11.6 Å². The molecular formula is C31H25ClN2O4. The average molecular weight is 525 g/mol. The fraction of sp³-hybridized carbons (Fsp3) is 0.129. The molecule has 1 aliphatic heterocycles. The Hall–Kier alpha value is -4.42. The van der Waals surface area contributed by atoms with Gasteiger partial charge < -0.3 is 14.7 Å². The molecule has 1 amide bonds. The van der Waals surface area contributed by atoms with Gasteiger partial charge in [-0.15, -0.1) is 0 Å². The van der Waals surface area contributed by atoms with Crippen LogP contribution in [-0.4, -0.2) is 26.7 Å². The van der Waals surface area contributed by atoms with Crippen LogP contribution in [0.2, 0.25) is 5.02 Å². The van der Waals surface area contributed by atoms with E-state index >= 15 is 0 Å². The molecule has 1 aliphatic rings. The van der Waals surface area contributed by atoms with E-state index in [1.807, 2.05) is 31.2 Å². The zero-order valence-electron chi connectivity index (χ0n) is 20.7. The summed E-state index contributed by atoms with van der Waals surface area (Å²) in [6, 6.07) is 24.6. The molecule has 3 aromatic carbocycles. The highest BCUT2D eigenvalue weighted by molar-refractivity contribution is 6.46. The molecule has 4 aromatic rings. The van der Waals surface area contributed by atoms with Gasteiger partial charge in [-0.3, -0.25) is 14.6 Å². The summed E-state index contributed by atoms with van der Waals surface area (Å²) in [7, 11) is 0. The van der Waals surface area contributed by atoms with E-state index in [2.05, 4.69) is 11.1 Å². The van der Waals surface area contributed by atoms with Gasteiger partial charge in [-0.05, 0) is 66.1 Å². The van der Waals surface area contributed by atoms with Crippen molar-refractivity contribution < 1.29 is 19.4 Å². The fourth-order valence-corrected chi connectivity index (χ4v) is 4.79. The maximum absolute atomic E-state index is 13.3. The first kappa shape index (κ1) is 25.2. The molecule has 38 heavy (non-hydrogen) atoms. The van der Waals surface area contributed by atoms with Gasteiger partial charge in [0, 0.05) is 29.5 Å². The lowest BCUT2D eigenvalue weighted by Gasteiger charge is -2.25. The molecule has 1 N–H and O–H groups in total. The van der Waals surface area contributed by atoms with Crippen molar-refractivity contribution in [1.29, 1.82) is 0 Å². The summed E-state index contributed by atoms with van der Waals surface area (Å²) < 4.78 is 5.88.